The zero-order valence-corrected chi connectivity index (χ0v) is 16.6. The Morgan fingerprint density at radius 3 is 2.89 bits per heavy atom. The van der Waals surface area contributed by atoms with E-state index in [2.05, 4.69) is 26.8 Å². The summed E-state index contributed by atoms with van der Waals surface area (Å²) >= 11 is 2.87. The van der Waals surface area contributed by atoms with Crippen LogP contribution in [0.5, 0.6) is 5.75 Å². The summed E-state index contributed by atoms with van der Waals surface area (Å²) in [6.45, 7) is 2.89. The highest BCUT2D eigenvalue weighted by atomic mass is 32.2. The molecule has 1 N–H and O–H groups in total. The van der Waals surface area contributed by atoms with Crippen molar-refractivity contribution in [1.82, 2.24) is 14.5 Å². The molecule has 0 aliphatic heterocycles. The van der Waals surface area contributed by atoms with E-state index in [1.165, 1.54) is 23.1 Å². The second-order valence-corrected chi connectivity index (χ2v) is 7.79. The first-order chi connectivity index (χ1) is 13.2. The maximum Gasteiger partial charge on any atom is 0.236 e. The average Bonchev–Trinajstić information content (AvgIpc) is 3.25. The van der Waals surface area contributed by atoms with Crippen molar-refractivity contribution < 1.29 is 9.53 Å². The number of nitrogens with zero attached hydrogens (tertiary/aromatic N) is 3. The fourth-order valence-corrected chi connectivity index (χ4v) is 4.63. The second kappa shape index (κ2) is 7.58. The predicted molar refractivity (Wildman–Crippen MR) is 111 cm³/mol. The molecule has 1 amide bonds. The molecule has 0 radical (unpaired) electrons. The molecule has 2 heterocycles. The molecule has 138 valence electrons. The summed E-state index contributed by atoms with van der Waals surface area (Å²) < 4.78 is 8.33. The first-order valence-electron chi connectivity index (χ1n) is 8.50. The van der Waals surface area contributed by atoms with E-state index in [-0.39, 0.29) is 11.7 Å². The number of nitrogens with one attached hydrogen (secondary N) is 1. The third kappa shape index (κ3) is 3.63. The Morgan fingerprint density at radius 1 is 1.22 bits per heavy atom. The molecule has 0 unspecified atom stereocenters. The van der Waals surface area contributed by atoms with Crippen LogP contribution in [0.2, 0.25) is 0 Å². The Balaban J connectivity index is 1.45. The van der Waals surface area contributed by atoms with Crippen molar-refractivity contribution in [2.24, 2.45) is 0 Å². The normalized spacial score (nSPS) is 11.2. The third-order valence-electron chi connectivity index (χ3n) is 4.11. The van der Waals surface area contributed by atoms with Crippen molar-refractivity contribution in [2.45, 2.75) is 18.6 Å². The van der Waals surface area contributed by atoms with Gasteiger partial charge >= 0.3 is 0 Å². The highest BCUT2D eigenvalue weighted by molar-refractivity contribution is 7.99. The van der Waals surface area contributed by atoms with Crippen molar-refractivity contribution in [3.8, 4) is 5.75 Å². The molecular formula is C19H18N4O2S2. The van der Waals surface area contributed by atoms with Crippen molar-refractivity contribution in [1.29, 1.82) is 0 Å². The highest BCUT2D eigenvalue weighted by Crippen LogP contribution is 2.29. The van der Waals surface area contributed by atoms with Crippen molar-refractivity contribution in [3.63, 3.8) is 0 Å². The topological polar surface area (TPSA) is 69.0 Å². The summed E-state index contributed by atoms with van der Waals surface area (Å²) in [5.41, 5.74) is 2.88. The minimum absolute atomic E-state index is 0.0965. The molecule has 6 nitrogen and oxygen atoms in total. The summed E-state index contributed by atoms with van der Waals surface area (Å²) in [5, 5.41) is 4.32. The van der Waals surface area contributed by atoms with Gasteiger partial charge < -0.3 is 14.6 Å². The fraction of sp³-hybridized carbons (Fsp3) is 0.211. The zero-order valence-electron chi connectivity index (χ0n) is 14.9. The van der Waals surface area contributed by atoms with Gasteiger partial charge in [-0.1, -0.05) is 35.2 Å². The summed E-state index contributed by atoms with van der Waals surface area (Å²) in [4.78, 5) is 21.5. The number of benzene rings is 2. The number of fused-ring (bicyclic) bond motifs is 2. The molecule has 0 bridgehead atoms. The van der Waals surface area contributed by atoms with Crippen LogP contribution in [0, 0.1) is 0 Å². The molecular weight excluding hydrogens is 380 g/mol. The number of thioether (sulfide) groups is 1. The number of carbonyl (C=O) groups excluding carboxylic acids is 1. The smallest absolute Gasteiger partial charge is 0.236 e. The number of para-hydroxylation sites is 2. The lowest BCUT2D eigenvalue weighted by molar-refractivity contribution is -0.113. The van der Waals surface area contributed by atoms with Crippen LogP contribution >= 0.6 is 23.1 Å². The van der Waals surface area contributed by atoms with Gasteiger partial charge in [0.25, 0.3) is 0 Å². The Hall–Kier alpha value is -2.58. The molecule has 0 aliphatic carbocycles. The third-order valence-corrected chi connectivity index (χ3v) is 6.02. The Labute approximate surface area is 164 Å². The molecule has 0 atom stereocenters. The van der Waals surface area contributed by atoms with Gasteiger partial charge in [-0.2, -0.15) is 0 Å². The molecule has 0 fully saturated rings. The number of aryl methyl sites for hydroxylation is 1. The number of hydrogen-bond acceptors (Lipinski definition) is 6. The monoisotopic (exact) mass is 398 g/mol. The van der Waals surface area contributed by atoms with Gasteiger partial charge in [0.05, 0.1) is 34.1 Å². The van der Waals surface area contributed by atoms with Crippen LogP contribution in [0.4, 0.5) is 5.13 Å². The molecule has 27 heavy (non-hydrogen) atoms. The number of ether oxygens (including phenoxy) is 1. The van der Waals surface area contributed by atoms with E-state index in [9.17, 15) is 4.79 Å². The summed E-state index contributed by atoms with van der Waals surface area (Å²) in [6.07, 6.45) is 0. The minimum atomic E-state index is -0.0965. The Bertz CT molecular complexity index is 1120. The van der Waals surface area contributed by atoms with Crippen LogP contribution in [-0.2, 0) is 11.3 Å². The first-order valence-corrected chi connectivity index (χ1v) is 10.3. The van der Waals surface area contributed by atoms with E-state index in [0.29, 0.717) is 5.13 Å². The number of methoxy groups -OCH3 is 1. The van der Waals surface area contributed by atoms with Crippen LogP contribution < -0.4 is 10.1 Å². The number of rotatable bonds is 6. The Morgan fingerprint density at radius 2 is 2.07 bits per heavy atom. The van der Waals surface area contributed by atoms with Gasteiger partial charge in [0, 0.05) is 6.54 Å². The molecule has 4 rings (SSSR count). The van der Waals surface area contributed by atoms with E-state index in [4.69, 9.17) is 4.74 Å². The number of imidazole rings is 1. The van der Waals surface area contributed by atoms with E-state index >= 15 is 0 Å². The zero-order chi connectivity index (χ0) is 18.8. The maximum absolute atomic E-state index is 12.4. The molecule has 0 aliphatic rings. The van der Waals surface area contributed by atoms with Gasteiger partial charge in [0.2, 0.25) is 5.91 Å². The number of amides is 1. The fourth-order valence-electron chi connectivity index (χ4n) is 2.84. The number of aromatic nitrogens is 3. The van der Waals surface area contributed by atoms with Gasteiger partial charge in [0.1, 0.15) is 5.75 Å². The van der Waals surface area contributed by atoms with E-state index in [1.54, 1.807) is 7.11 Å². The van der Waals surface area contributed by atoms with Gasteiger partial charge in [0.15, 0.2) is 10.3 Å². The molecule has 2 aromatic carbocycles. The summed E-state index contributed by atoms with van der Waals surface area (Å²) in [7, 11) is 1.63. The SMILES string of the molecule is CCn1c(SCC(=O)Nc2nc3ccc(OC)cc3s2)nc2ccccc21. The average molecular weight is 399 g/mol. The summed E-state index contributed by atoms with van der Waals surface area (Å²) in [6, 6.07) is 13.7. The van der Waals surface area contributed by atoms with Crippen molar-refractivity contribution in [2.75, 3.05) is 18.2 Å². The van der Waals surface area contributed by atoms with Crippen LogP contribution in [-0.4, -0.2) is 33.3 Å². The maximum atomic E-state index is 12.4. The van der Waals surface area contributed by atoms with E-state index < -0.39 is 0 Å². The van der Waals surface area contributed by atoms with Gasteiger partial charge in [-0.15, -0.1) is 0 Å². The highest BCUT2D eigenvalue weighted by Gasteiger charge is 2.13. The standard InChI is InChI=1S/C19H18N4O2S2/c1-3-23-15-7-5-4-6-13(15)21-19(23)26-11-17(24)22-18-20-14-9-8-12(25-2)10-16(14)27-18/h4-10H,3,11H2,1-2H3,(H,20,22,24). The van der Waals surface area contributed by atoms with Crippen LogP contribution in [0.25, 0.3) is 21.3 Å². The molecule has 4 aromatic rings. The van der Waals surface area contributed by atoms with Crippen molar-refractivity contribution >= 4 is 55.4 Å². The lowest BCUT2D eigenvalue weighted by Crippen LogP contribution is -2.14. The lowest BCUT2D eigenvalue weighted by atomic mass is 10.3. The summed E-state index contributed by atoms with van der Waals surface area (Å²) in [5.74, 6) is 0.960. The quantitative estimate of drug-likeness (QED) is 0.487. The lowest BCUT2D eigenvalue weighted by Gasteiger charge is -2.05. The Kier molecular flexibility index (Phi) is 5.00. The van der Waals surface area contributed by atoms with Crippen LogP contribution in [0.3, 0.4) is 0 Å². The number of carbonyl (C=O) groups is 1. The van der Waals surface area contributed by atoms with Crippen LogP contribution in [0.15, 0.2) is 47.6 Å². The number of thiazole rings is 1. The van der Waals surface area contributed by atoms with Gasteiger partial charge in [-0.25, -0.2) is 9.97 Å². The van der Waals surface area contributed by atoms with Gasteiger partial charge in [-0.3, -0.25) is 4.79 Å². The second-order valence-electron chi connectivity index (χ2n) is 5.82. The minimum Gasteiger partial charge on any atom is -0.497 e. The number of anilines is 1. The van der Waals surface area contributed by atoms with Crippen molar-refractivity contribution in [3.05, 3.63) is 42.5 Å². The number of hydrogen-bond donors (Lipinski definition) is 1. The molecule has 8 heteroatoms. The first kappa shape index (κ1) is 17.8. The van der Waals surface area contributed by atoms with E-state index in [0.717, 1.165) is 38.7 Å². The van der Waals surface area contributed by atoms with Crippen LogP contribution in [0.1, 0.15) is 6.92 Å². The molecule has 0 spiro atoms. The largest absolute Gasteiger partial charge is 0.497 e. The predicted octanol–water partition coefficient (Wildman–Crippen LogP) is 4.41. The van der Waals surface area contributed by atoms with E-state index in [1.807, 2.05) is 42.5 Å². The van der Waals surface area contributed by atoms with Gasteiger partial charge in [-0.05, 0) is 37.3 Å². The molecule has 0 saturated heterocycles. The molecule has 0 saturated carbocycles. The molecule has 2 aromatic heterocycles.